The molecule has 0 bridgehead atoms. The molecule has 0 spiro atoms. The van der Waals surface area contributed by atoms with Crippen LogP contribution in [0.15, 0.2) is 24.3 Å². The monoisotopic (exact) mass is 294 g/mol. The van der Waals surface area contributed by atoms with E-state index < -0.39 is 0 Å². The van der Waals surface area contributed by atoms with Gasteiger partial charge in [0.1, 0.15) is 29.0 Å². The van der Waals surface area contributed by atoms with Crippen molar-refractivity contribution in [2.24, 2.45) is 0 Å². The number of nitrogen functional groups attached to an aromatic ring is 1. The van der Waals surface area contributed by atoms with Crippen molar-refractivity contribution in [2.75, 3.05) is 18.2 Å². The predicted octanol–water partition coefficient (Wildman–Crippen LogP) is 2.47. The van der Waals surface area contributed by atoms with E-state index in [-0.39, 0.29) is 0 Å². The van der Waals surface area contributed by atoms with Crippen LogP contribution in [0.1, 0.15) is 11.1 Å². The number of methoxy groups -OCH3 is 1. The van der Waals surface area contributed by atoms with Gasteiger partial charge in [0.15, 0.2) is 5.65 Å². The summed E-state index contributed by atoms with van der Waals surface area (Å²) >= 11 is 0. The molecule has 0 aliphatic heterocycles. The SMILES string of the molecule is COc1cccc(Nc2nc3n[nH]c(N)c3cc2C)c1C#N. The normalized spacial score (nSPS) is 10.4. The van der Waals surface area contributed by atoms with Crippen LogP contribution in [0.2, 0.25) is 0 Å². The number of rotatable bonds is 3. The van der Waals surface area contributed by atoms with E-state index in [1.807, 2.05) is 19.1 Å². The molecular formula is C15H14N6O. The molecule has 0 saturated heterocycles. The lowest BCUT2D eigenvalue weighted by molar-refractivity contribution is 0.414. The van der Waals surface area contributed by atoms with E-state index in [0.717, 1.165) is 10.9 Å². The number of nitrogens with zero attached hydrogens (tertiary/aromatic N) is 3. The molecule has 7 heteroatoms. The van der Waals surface area contributed by atoms with E-state index in [0.29, 0.717) is 34.3 Å². The van der Waals surface area contributed by atoms with E-state index in [2.05, 4.69) is 26.6 Å². The molecule has 4 N–H and O–H groups in total. The Bertz CT molecular complexity index is 893. The third-order valence-electron chi connectivity index (χ3n) is 3.38. The first kappa shape index (κ1) is 13.7. The first-order chi connectivity index (χ1) is 10.6. The fourth-order valence-corrected chi connectivity index (χ4v) is 2.24. The fourth-order valence-electron chi connectivity index (χ4n) is 2.24. The fraction of sp³-hybridized carbons (Fsp3) is 0.133. The molecule has 0 aliphatic rings. The number of benzene rings is 1. The Morgan fingerprint density at radius 1 is 1.41 bits per heavy atom. The summed E-state index contributed by atoms with van der Waals surface area (Å²) in [6.45, 7) is 1.91. The first-order valence-electron chi connectivity index (χ1n) is 6.59. The van der Waals surface area contributed by atoms with Gasteiger partial charge in [0.25, 0.3) is 0 Å². The van der Waals surface area contributed by atoms with Crippen molar-refractivity contribution in [2.45, 2.75) is 6.92 Å². The van der Waals surface area contributed by atoms with Crippen molar-refractivity contribution < 1.29 is 4.74 Å². The lowest BCUT2D eigenvalue weighted by Crippen LogP contribution is -2.00. The van der Waals surface area contributed by atoms with Crippen LogP contribution in [0, 0.1) is 18.3 Å². The van der Waals surface area contributed by atoms with Gasteiger partial charge in [-0.1, -0.05) is 6.07 Å². The number of hydrogen-bond donors (Lipinski definition) is 3. The van der Waals surface area contributed by atoms with E-state index in [9.17, 15) is 5.26 Å². The Hall–Kier alpha value is -3.27. The van der Waals surface area contributed by atoms with Crippen molar-refractivity contribution in [3.63, 3.8) is 0 Å². The number of pyridine rings is 1. The zero-order valence-electron chi connectivity index (χ0n) is 12.1. The average molecular weight is 294 g/mol. The zero-order valence-corrected chi connectivity index (χ0v) is 12.1. The van der Waals surface area contributed by atoms with Crippen LogP contribution in [-0.4, -0.2) is 22.3 Å². The molecule has 0 amide bonds. The number of nitrogens with two attached hydrogens (primary N) is 1. The molecule has 0 radical (unpaired) electrons. The Morgan fingerprint density at radius 2 is 2.23 bits per heavy atom. The van der Waals surface area contributed by atoms with Gasteiger partial charge in [-0.05, 0) is 30.7 Å². The summed E-state index contributed by atoms with van der Waals surface area (Å²) in [5.41, 5.74) is 8.26. The van der Waals surface area contributed by atoms with E-state index in [1.165, 1.54) is 7.11 Å². The van der Waals surface area contributed by atoms with Crippen LogP contribution in [0.5, 0.6) is 5.75 Å². The Balaban J connectivity index is 2.07. The number of anilines is 3. The highest BCUT2D eigenvalue weighted by molar-refractivity contribution is 5.88. The summed E-state index contributed by atoms with van der Waals surface area (Å²) in [5.74, 6) is 1.61. The number of hydrogen-bond acceptors (Lipinski definition) is 6. The van der Waals surface area contributed by atoms with Gasteiger partial charge >= 0.3 is 0 Å². The summed E-state index contributed by atoms with van der Waals surface area (Å²) in [4.78, 5) is 4.44. The van der Waals surface area contributed by atoms with Gasteiger partial charge in [-0.25, -0.2) is 4.98 Å². The maximum atomic E-state index is 9.33. The van der Waals surface area contributed by atoms with Crippen LogP contribution >= 0.6 is 0 Å². The van der Waals surface area contributed by atoms with Crippen LogP contribution in [0.3, 0.4) is 0 Å². The van der Waals surface area contributed by atoms with Crippen LogP contribution in [-0.2, 0) is 0 Å². The van der Waals surface area contributed by atoms with Gasteiger partial charge in [-0.2, -0.15) is 10.4 Å². The van der Waals surface area contributed by atoms with Crippen molar-refractivity contribution in [3.8, 4) is 11.8 Å². The molecule has 3 rings (SSSR count). The second-order valence-corrected chi connectivity index (χ2v) is 4.78. The molecule has 110 valence electrons. The summed E-state index contributed by atoms with van der Waals surface area (Å²) in [6, 6.07) is 9.38. The topological polar surface area (TPSA) is 113 Å². The predicted molar refractivity (Wildman–Crippen MR) is 84.0 cm³/mol. The zero-order chi connectivity index (χ0) is 15.7. The highest BCUT2D eigenvalue weighted by Crippen LogP contribution is 2.30. The number of aromatic nitrogens is 3. The van der Waals surface area contributed by atoms with Gasteiger partial charge in [-0.15, -0.1) is 0 Å². The lowest BCUT2D eigenvalue weighted by atomic mass is 10.1. The second-order valence-electron chi connectivity index (χ2n) is 4.78. The summed E-state index contributed by atoms with van der Waals surface area (Å²) in [6.07, 6.45) is 0. The molecule has 0 fully saturated rings. The average Bonchev–Trinajstić information content (AvgIpc) is 2.88. The van der Waals surface area contributed by atoms with Gasteiger partial charge in [0.2, 0.25) is 0 Å². The number of fused-ring (bicyclic) bond motifs is 1. The van der Waals surface area contributed by atoms with Crippen LogP contribution < -0.4 is 15.8 Å². The minimum absolute atomic E-state index is 0.424. The largest absolute Gasteiger partial charge is 0.495 e. The standard InChI is InChI=1S/C15H14N6O/c1-8-6-9-13(17)20-21-15(9)19-14(8)18-11-4-3-5-12(22-2)10(11)7-16/h3-6H,1-2H3,(H4,17,18,19,20,21). The Labute approximate surface area is 126 Å². The van der Waals surface area contributed by atoms with E-state index in [1.54, 1.807) is 12.1 Å². The van der Waals surface area contributed by atoms with Crippen LogP contribution in [0.25, 0.3) is 11.0 Å². The summed E-state index contributed by atoms with van der Waals surface area (Å²) in [7, 11) is 1.53. The summed E-state index contributed by atoms with van der Waals surface area (Å²) in [5, 5.41) is 20.0. The highest BCUT2D eigenvalue weighted by Gasteiger charge is 2.12. The smallest absolute Gasteiger partial charge is 0.185 e. The van der Waals surface area contributed by atoms with Crippen molar-refractivity contribution in [3.05, 3.63) is 35.4 Å². The third kappa shape index (κ3) is 2.16. The number of ether oxygens (including phenoxy) is 1. The number of nitriles is 1. The number of nitrogens with one attached hydrogen (secondary N) is 2. The van der Waals surface area contributed by atoms with Gasteiger partial charge in [0, 0.05) is 0 Å². The third-order valence-corrected chi connectivity index (χ3v) is 3.38. The molecule has 0 saturated carbocycles. The minimum atomic E-state index is 0.424. The highest BCUT2D eigenvalue weighted by atomic mass is 16.5. The van der Waals surface area contributed by atoms with E-state index >= 15 is 0 Å². The van der Waals surface area contributed by atoms with Gasteiger partial charge in [0.05, 0.1) is 18.2 Å². The van der Waals surface area contributed by atoms with Crippen molar-refractivity contribution >= 4 is 28.4 Å². The summed E-state index contributed by atoms with van der Waals surface area (Å²) < 4.78 is 5.20. The Kier molecular flexibility index (Phi) is 3.27. The molecule has 7 nitrogen and oxygen atoms in total. The van der Waals surface area contributed by atoms with Crippen molar-refractivity contribution in [1.29, 1.82) is 5.26 Å². The number of aryl methyl sites for hydroxylation is 1. The van der Waals surface area contributed by atoms with Gasteiger partial charge < -0.3 is 15.8 Å². The maximum absolute atomic E-state index is 9.33. The molecular weight excluding hydrogens is 280 g/mol. The lowest BCUT2D eigenvalue weighted by Gasteiger charge is -2.12. The first-order valence-corrected chi connectivity index (χ1v) is 6.59. The van der Waals surface area contributed by atoms with Crippen LogP contribution in [0.4, 0.5) is 17.3 Å². The molecule has 0 atom stereocenters. The molecule has 22 heavy (non-hydrogen) atoms. The molecule has 0 unspecified atom stereocenters. The van der Waals surface area contributed by atoms with E-state index in [4.69, 9.17) is 10.5 Å². The quantitative estimate of drug-likeness (QED) is 0.684. The minimum Gasteiger partial charge on any atom is -0.495 e. The molecule has 3 aromatic rings. The number of H-pyrrole nitrogens is 1. The molecule has 1 aromatic carbocycles. The molecule has 0 aliphatic carbocycles. The van der Waals surface area contributed by atoms with Gasteiger partial charge in [-0.3, -0.25) is 5.10 Å². The molecule has 2 aromatic heterocycles. The number of aromatic amines is 1. The molecule has 2 heterocycles. The van der Waals surface area contributed by atoms with Crippen molar-refractivity contribution in [1.82, 2.24) is 15.2 Å². The second kappa shape index (κ2) is 5.26. The Morgan fingerprint density at radius 3 is 2.95 bits per heavy atom. The maximum Gasteiger partial charge on any atom is 0.185 e.